The molecule has 0 radical (unpaired) electrons. The van der Waals surface area contributed by atoms with Crippen LogP contribution in [0, 0.1) is 0 Å². The first-order chi connectivity index (χ1) is 11.2. The van der Waals surface area contributed by atoms with E-state index < -0.39 is 0 Å². The monoisotopic (exact) mass is 355 g/mol. The van der Waals surface area contributed by atoms with Crippen molar-refractivity contribution in [1.82, 2.24) is 20.5 Å². The van der Waals surface area contributed by atoms with Gasteiger partial charge in [-0.1, -0.05) is 11.8 Å². The Morgan fingerprint density at radius 2 is 2.26 bits per heavy atom. The van der Waals surface area contributed by atoms with Crippen molar-refractivity contribution in [1.29, 1.82) is 0 Å². The van der Waals surface area contributed by atoms with E-state index in [2.05, 4.69) is 39.4 Å². The number of thioether (sulfide) groups is 1. The van der Waals surface area contributed by atoms with Crippen molar-refractivity contribution in [2.45, 2.75) is 49.5 Å². The quantitative estimate of drug-likeness (QED) is 0.341. The van der Waals surface area contributed by atoms with Crippen molar-refractivity contribution in [2.75, 3.05) is 32.4 Å². The molecule has 23 heavy (non-hydrogen) atoms. The van der Waals surface area contributed by atoms with Gasteiger partial charge in [0.25, 0.3) is 0 Å². The fourth-order valence-electron chi connectivity index (χ4n) is 2.67. The van der Waals surface area contributed by atoms with E-state index in [1.54, 1.807) is 11.3 Å². The maximum atomic E-state index is 4.35. The van der Waals surface area contributed by atoms with Gasteiger partial charge in [0.05, 0.1) is 0 Å². The van der Waals surface area contributed by atoms with Crippen molar-refractivity contribution >= 4 is 29.1 Å². The van der Waals surface area contributed by atoms with Crippen LogP contribution < -0.4 is 10.6 Å². The highest BCUT2D eigenvalue weighted by Gasteiger charge is 2.21. The lowest BCUT2D eigenvalue weighted by Crippen LogP contribution is -2.50. The van der Waals surface area contributed by atoms with Crippen molar-refractivity contribution < 1.29 is 0 Å². The number of aliphatic imine (C=N–C) groups is 1. The molecule has 0 bridgehead atoms. The molecule has 0 aliphatic carbocycles. The molecule has 5 nitrogen and oxygen atoms in total. The lowest BCUT2D eigenvalue weighted by Gasteiger charge is -2.35. The van der Waals surface area contributed by atoms with Gasteiger partial charge < -0.3 is 15.5 Å². The van der Waals surface area contributed by atoms with Crippen LogP contribution in [0.3, 0.4) is 0 Å². The standard InChI is InChI=1S/C16H29N5S2/c1-13(2)21-9-5-14(6-10-21)20-15(17-3)18-7-4-11-22-16-19-8-12-23-16/h8,12-14H,4-7,9-11H2,1-3H3,(H2,17,18,20). The number of nitrogens with zero attached hydrogens (tertiary/aromatic N) is 3. The summed E-state index contributed by atoms with van der Waals surface area (Å²) < 4.78 is 1.16. The maximum absolute atomic E-state index is 4.35. The fourth-order valence-corrected chi connectivity index (χ4v) is 4.32. The normalized spacial score (nSPS) is 17.7. The van der Waals surface area contributed by atoms with Gasteiger partial charge in [-0.2, -0.15) is 0 Å². The van der Waals surface area contributed by atoms with Crippen LogP contribution in [0.2, 0.25) is 0 Å². The third kappa shape index (κ3) is 6.69. The van der Waals surface area contributed by atoms with Crippen molar-refractivity contribution in [3.8, 4) is 0 Å². The Morgan fingerprint density at radius 3 is 2.87 bits per heavy atom. The predicted molar refractivity (Wildman–Crippen MR) is 102 cm³/mol. The van der Waals surface area contributed by atoms with Gasteiger partial charge in [-0.05, 0) is 33.1 Å². The molecule has 1 fully saturated rings. The summed E-state index contributed by atoms with van der Waals surface area (Å²) in [6, 6.07) is 1.20. The Labute approximate surface area is 148 Å². The van der Waals surface area contributed by atoms with E-state index in [4.69, 9.17) is 0 Å². The van der Waals surface area contributed by atoms with Crippen LogP contribution in [0.4, 0.5) is 0 Å². The molecule has 0 unspecified atom stereocenters. The molecule has 2 N–H and O–H groups in total. The first-order valence-electron chi connectivity index (χ1n) is 8.42. The number of guanidine groups is 1. The number of hydrogen-bond donors (Lipinski definition) is 2. The molecule has 2 heterocycles. The van der Waals surface area contributed by atoms with Gasteiger partial charge in [-0.25, -0.2) is 4.98 Å². The molecule has 1 aliphatic rings. The van der Waals surface area contributed by atoms with E-state index in [1.165, 1.54) is 25.9 Å². The Hall–Kier alpha value is -0.790. The molecule has 0 amide bonds. The number of piperidine rings is 1. The molecule has 1 aromatic rings. The fraction of sp³-hybridized carbons (Fsp3) is 0.750. The predicted octanol–water partition coefficient (Wildman–Crippen LogP) is 2.66. The lowest BCUT2D eigenvalue weighted by atomic mass is 10.0. The zero-order valence-electron chi connectivity index (χ0n) is 14.4. The molecule has 1 aromatic heterocycles. The van der Waals surface area contributed by atoms with Gasteiger partial charge in [0.2, 0.25) is 0 Å². The Morgan fingerprint density at radius 1 is 1.48 bits per heavy atom. The summed E-state index contributed by atoms with van der Waals surface area (Å²) in [7, 11) is 1.85. The van der Waals surface area contributed by atoms with E-state index in [9.17, 15) is 0 Å². The highest BCUT2D eigenvalue weighted by atomic mass is 32.2. The van der Waals surface area contributed by atoms with Crippen LogP contribution >= 0.6 is 23.1 Å². The lowest BCUT2D eigenvalue weighted by molar-refractivity contribution is 0.167. The SMILES string of the molecule is CN=C(NCCCSc1nccs1)NC1CCN(C(C)C)CC1. The maximum Gasteiger partial charge on any atom is 0.191 e. The summed E-state index contributed by atoms with van der Waals surface area (Å²) in [5.74, 6) is 2.02. The molecule has 0 saturated carbocycles. The van der Waals surface area contributed by atoms with Crippen molar-refractivity contribution in [3.63, 3.8) is 0 Å². The first-order valence-corrected chi connectivity index (χ1v) is 10.3. The molecule has 2 rings (SSSR count). The van der Waals surface area contributed by atoms with Crippen LogP contribution in [0.5, 0.6) is 0 Å². The van der Waals surface area contributed by atoms with E-state index in [-0.39, 0.29) is 0 Å². The highest BCUT2D eigenvalue weighted by Crippen LogP contribution is 2.20. The second kappa shape index (κ2) is 10.2. The van der Waals surface area contributed by atoms with Crippen LogP contribution in [0.25, 0.3) is 0 Å². The van der Waals surface area contributed by atoms with Gasteiger partial charge in [-0.15, -0.1) is 11.3 Å². The third-order valence-corrected chi connectivity index (χ3v) is 6.13. The number of nitrogens with one attached hydrogen (secondary N) is 2. The van der Waals surface area contributed by atoms with Gasteiger partial charge in [0.1, 0.15) is 4.34 Å². The summed E-state index contributed by atoms with van der Waals surface area (Å²) >= 11 is 3.54. The molecule has 0 aromatic carbocycles. The zero-order chi connectivity index (χ0) is 16.5. The molecular weight excluding hydrogens is 326 g/mol. The summed E-state index contributed by atoms with van der Waals surface area (Å²) in [5, 5.41) is 9.02. The van der Waals surface area contributed by atoms with E-state index in [0.29, 0.717) is 12.1 Å². The van der Waals surface area contributed by atoms with Gasteiger partial charge in [0, 0.05) is 56.1 Å². The number of aromatic nitrogens is 1. The average molecular weight is 356 g/mol. The summed E-state index contributed by atoms with van der Waals surface area (Å²) in [6.07, 6.45) is 5.36. The number of rotatable bonds is 7. The van der Waals surface area contributed by atoms with Gasteiger partial charge in [-0.3, -0.25) is 4.99 Å². The second-order valence-electron chi connectivity index (χ2n) is 6.05. The molecule has 1 saturated heterocycles. The number of likely N-dealkylation sites (tertiary alicyclic amines) is 1. The van der Waals surface area contributed by atoms with Crippen LogP contribution in [0.15, 0.2) is 20.9 Å². The first kappa shape index (κ1) is 18.5. The van der Waals surface area contributed by atoms with Crippen LogP contribution in [-0.4, -0.2) is 60.4 Å². The minimum absolute atomic E-state index is 0.542. The molecular formula is C16H29N5S2. The number of hydrogen-bond acceptors (Lipinski definition) is 5. The summed E-state index contributed by atoms with van der Waals surface area (Å²) in [6.45, 7) is 7.85. The Kier molecular flexibility index (Phi) is 8.19. The summed E-state index contributed by atoms with van der Waals surface area (Å²) in [4.78, 5) is 11.2. The Bertz CT molecular complexity index is 453. The number of thiazole rings is 1. The van der Waals surface area contributed by atoms with Crippen molar-refractivity contribution in [3.05, 3.63) is 11.6 Å². The Balaban J connectivity index is 1.58. The van der Waals surface area contributed by atoms with Gasteiger partial charge in [0.15, 0.2) is 5.96 Å². The van der Waals surface area contributed by atoms with Crippen molar-refractivity contribution in [2.24, 2.45) is 4.99 Å². The molecule has 130 valence electrons. The largest absolute Gasteiger partial charge is 0.356 e. The smallest absolute Gasteiger partial charge is 0.191 e. The zero-order valence-corrected chi connectivity index (χ0v) is 16.1. The van der Waals surface area contributed by atoms with E-state index in [1.807, 2.05) is 30.4 Å². The topological polar surface area (TPSA) is 52.6 Å². The van der Waals surface area contributed by atoms with E-state index in [0.717, 1.165) is 29.0 Å². The minimum atomic E-state index is 0.542. The molecule has 7 heteroatoms. The average Bonchev–Trinajstić information content (AvgIpc) is 3.07. The summed E-state index contributed by atoms with van der Waals surface area (Å²) in [5.41, 5.74) is 0. The van der Waals surface area contributed by atoms with Gasteiger partial charge >= 0.3 is 0 Å². The van der Waals surface area contributed by atoms with E-state index >= 15 is 0 Å². The third-order valence-electron chi connectivity index (χ3n) is 4.07. The molecule has 1 aliphatic heterocycles. The minimum Gasteiger partial charge on any atom is -0.356 e. The van der Waals surface area contributed by atoms with Crippen LogP contribution in [0.1, 0.15) is 33.1 Å². The highest BCUT2D eigenvalue weighted by molar-refractivity contribution is 8.00. The van der Waals surface area contributed by atoms with Crippen LogP contribution in [-0.2, 0) is 0 Å². The molecule has 0 atom stereocenters. The second-order valence-corrected chi connectivity index (χ2v) is 8.28. The molecule has 0 spiro atoms.